The molecule has 1 aromatic carbocycles. The van der Waals surface area contributed by atoms with E-state index in [0.29, 0.717) is 12.8 Å². The standard InChI is InChI=1S/C27H37FN2S/c1-8-10-25(30-15-13-27(7,28)14-16-30)26(31)21(6)29-24-12-11-20(5)23(18-24)17-22(9-2)19(3)4/h8-9,11-12,17-18,25,29,31H,1-3,10,13-16H2,4-7H3/b22-17-,26-21-. The summed E-state index contributed by atoms with van der Waals surface area (Å²) in [5.74, 6) is 0. The predicted molar refractivity (Wildman–Crippen MR) is 138 cm³/mol. The van der Waals surface area contributed by atoms with Crippen LogP contribution in [-0.4, -0.2) is 29.7 Å². The minimum Gasteiger partial charge on any atom is -0.358 e. The second-order valence-electron chi connectivity index (χ2n) is 8.78. The van der Waals surface area contributed by atoms with Crippen molar-refractivity contribution in [2.75, 3.05) is 18.4 Å². The Morgan fingerprint density at radius 3 is 2.48 bits per heavy atom. The lowest BCUT2D eigenvalue weighted by Crippen LogP contribution is -2.45. The summed E-state index contributed by atoms with van der Waals surface area (Å²) in [5, 5.41) is 3.51. The number of thiol groups is 1. The van der Waals surface area contributed by atoms with Gasteiger partial charge in [0.05, 0.1) is 0 Å². The molecule has 1 unspecified atom stereocenters. The fraction of sp³-hybridized carbons (Fsp3) is 0.407. The van der Waals surface area contributed by atoms with Gasteiger partial charge in [0.25, 0.3) is 0 Å². The number of nitrogens with zero attached hydrogens (tertiary/aromatic N) is 1. The van der Waals surface area contributed by atoms with Crippen LogP contribution in [0.2, 0.25) is 0 Å². The minimum absolute atomic E-state index is 0.102. The van der Waals surface area contributed by atoms with E-state index in [1.807, 2.05) is 26.0 Å². The van der Waals surface area contributed by atoms with E-state index in [4.69, 9.17) is 12.6 Å². The maximum atomic E-state index is 14.3. The number of nitrogens with one attached hydrogen (secondary N) is 1. The van der Waals surface area contributed by atoms with Gasteiger partial charge in [0.2, 0.25) is 0 Å². The molecular weight excluding hydrogens is 403 g/mol. The monoisotopic (exact) mass is 440 g/mol. The summed E-state index contributed by atoms with van der Waals surface area (Å²) in [4.78, 5) is 3.29. The van der Waals surface area contributed by atoms with E-state index in [1.165, 1.54) is 5.56 Å². The van der Waals surface area contributed by atoms with Gasteiger partial charge in [0.1, 0.15) is 5.67 Å². The third-order valence-electron chi connectivity index (χ3n) is 6.01. The Morgan fingerprint density at radius 1 is 1.29 bits per heavy atom. The van der Waals surface area contributed by atoms with Crippen molar-refractivity contribution in [1.29, 1.82) is 0 Å². The molecule has 4 heteroatoms. The molecule has 0 aromatic heterocycles. The quantitative estimate of drug-likeness (QED) is 0.235. The van der Waals surface area contributed by atoms with Gasteiger partial charge in [-0.25, -0.2) is 4.39 Å². The first-order valence-electron chi connectivity index (χ1n) is 10.9. The molecule has 2 nitrogen and oxygen atoms in total. The van der Waals surface area contributed by atoms with Crippen LogP contribution >= 0.6 is 12.6 Å². The normalized spacial score (nSPS) is 18.7. The Bertz CT molecular complexity index is 884. The Balaban J connectivity index is 2.27. The van der Waals surface area contributed by atoms with Crippen molar-refractivity contribution in [3.63, 3.8) is 0 Å². The lowest BCUT2D eigenvalue weighted by molar-refractivity contribution is 0.0609. The molecule has 1 atom stereocenters. The molecular formula is C27H37FN2S. The molecule has 0 saturated carbocycles. The van der Waals surface area contributed by atoms with E-state index in [0.717, 1.165) is 52.5 Å². The first kappa shape index (κ1) is 25.2. The molecule has 1 aliphatic heterocycles. The number of aryl methyl sites for hydroxylation is 1. The number of halogens is 1. The van der Waals surface area contributed by atoms with E-state index in [9.17, 15) is 4.39 Å². The van der Waals surface area contributed by atoms with Crippen LogP contribution in [0.1, 0.15) is 51.2 Å². The van der Waals surface area contributed by atoms with Gasteiger partial charge in [-0.15, -0.1) is 19.2 Å². The van der Waals surface area contributed by atoms with Gasteiger partial charge in [-0.05, 0) is 81.9 Å². The van der Waals surface area contributed by atoms with Gasteiger partial charge in [0, 0.05) is 35.4 Å². The van der Waals surface area contributed by atoms with Gasteiger partial charge in [-0.2, -0.15) is 0 Å². The number of benzene rings is 1. The Labute approximate surface area is 193 Å². The number of hydrogen-bond donors (Lipinski definition) is 2. The highest BCUT2D eigenvalue weighted by molar-refractivity contribution is 7.84. The third-order valence-corrected chi connectivity index (χ3v) is 6.64. The summed E-state index contributed by atoms with van der Waals surface area (Å²) in [7, 11) is 0. The van der Waals surface area contributed by atoms with Gasteiger partial charge >= 0.3 is 0 Å². The lowest BCUT2D eigenvalue weighted by atomic mass is 9.94. The molecule has 0 spiro atoms. The fourth-order valence-corrected chi connectivity index (χ4v) is 4.15. The fourth-order valence-electron chi connectivity index (χ4n) is 3.82. The molecule has 31 heavy (non-hydrogen) atoms. The third kappa shape index (κ3) is 6.98. The van der Waals surface area contributed by atoms with E-state index < -0.39 is 5.67 Å². The predicted octanol–water partition coefficient (Wildman–Crippen LogP) is 7.48. The molecule has 1 N–H and O–H groups in total. The van der Waals surface area contributed by atoms with Gasteiger partial charge < -0.3 is 5.32 Å². The van der Waals surface area contributed by atoms with E-state index in [-0.39, 0.29) is 6.04 Å². The summed E-state index contributed by atoms with van der Waals surface area (Å²) >= 11 is 4.88. The van der Waals surface area contributed by atoms with Crippen LogP contribution in [0.3, 0.4) is 0 Å². The summed E-state index contributed by atoms with van der Waals surface area (Å²) in [5.41, 5.74) is 5.24. The summed E-state index contributed by atoms with van der Waals surface area (Å²) < 4.78 is 14.3. The molecule has 1 saturated heterocycles. The van der Waals surface area contributed by atoms with Gasteiger partial charge in [-0.1, -0.05) is 36.9 Å². The zero-order valence-electron chi connectivity index (χ0n) is 19.5. The average molecular weight is 441 g/mol. The van der Waals surface area contributed by atoms with Crippen molar-refractivity contribution in [2.45, 2.75) is 58.7 Å². The molecule has 1 aromatic rings. The molecule has 2 rings (SSSR count). The lowest BCUT2D eigenvalue weighted by Gasteiger charge is -2.39. The largest absolute Gasteiger partial charge is 0.358 e. The Morgan fingerprint density at radius 2 is 1.94 bits per heavy atom. The van der Waals surface area contributed by atoms with E-state index in [1.54, 1.807) is 6.92 Å². The zero-order valence-corrected chi connectivity index (χ0v) is 20.4. The highest BCUT2D eigenvalue weighted by Gasteiger charge is 2.33. The van der Waals surface area contributed by atoms with Crippen molar-refractivity contribution in [3.05, 3.63) is 83.0 Å². The molecule has 0 bridgehead atoms. The first-order valence-corrected chi connectivity index (χ1v) is 11.3. The number of hydrogen-bond acceptors (Lipinski definition) is 3. The smallest absolute Gasteiger partial charge is 0.110 e. The van der Waals surface area contributed by atoms with Crippen molar-refractivity contribution in [1.82, 2.24) is 4.90 Å². The van der Waals surface area contributed by atoms with Gasteiger partial charge in [0.15, 0.2) is 0 Å². The summed E-state index contributed by atoms with van der Waals surface area (Å²) in [6, 6.07) is 6.41. The molecule has 0 aliphatic carbocycles. The average Bonchev–Trinajstić information content (AvgIpc) is 2.71. The van der Waals surface area contributed by atoms with Crippen LogP contribution in [-0.2, 0) is 0 Å². The van der Waals surface area contributed by atoms with Crippen LogP contribution in [0, 0.1) is 6.92 Å². The topological polar surface area (TPSA) is 15.3 Å². The van der Waals surface area contributed by atoms with Crippen LogP contribution in [0.5, 0.6) is 0 Å². The molecule has 0 radical (unpaired) electrons. The van der Waals surface area contributed by atoms with Crippen molar-refractivity contribution in [3.8, 4) is 0 Å². The van der Waals surface area contributed by atoms with Crippen LogP contribution < -0.4 is 5.32 Å². The molecule has 168 valence electrons. The maximum Gasteiger partial charge on any atom is 0.110 e. The van der Waals surface area contributed by atoms with Crippen molar-refractivity contribution < 1.29 is 4.39 Å². The SMILES string of the molecule is C=CCC(/C(S)=C(\C)Nc1ccc(C)c(/C=C(/C=C)C(=C)C)c1)N1CCC(C)(F)CC1. The summed E-state index contributed by atoms with van der Waals surface area (Å²) in [6.45, 7) is 21.1. The molecule has 0 amide bonds. The zero-order chi connectivity index (χ0) is 23.2. The highest BCUT2D eigenvalue weighted by Crippen LogP contribution is 2.31. The second kappa shape index (κ2) is 11.0. The highest BCUT2D eigenvalue weighted by atomic mass is 32.1. The maximum absolute atomic E-state index is 14.3. The Kier molecular flexibility index (Phi) is 8.96. The first-order chi connectivity index (χ1) is 14.6. The van der Waals surface area contributed by atoms with Crippen LogP contribution in [0.15, 0.2) is 71.8 Å². The number of allylic oxidation sites excluding steroid dienone is 4. The Hall–Kier alpha value is -2.04. The molecule has 1 aliphatic rings. The van der Waals surface area contributed by atoms with E-state index >= 15 is 0 Å². The summed E-state index contributed by atoms with van der Waals surface area (Å²) in [6.07, 6.45) is 7.75. The van der Waals surface area contributed by atoms with Gasteiger partial charge in [-0.3, -0.25) is 4.90 Å². The molecule has 1 fully saturated rings. The minimum atomic E-state index is -1.07. The van der Waals surface area contributed by atoms with E-state index in [2.05, 4.69) is 61.2 Å². The number of anilines is 1. The number of likely N-dealkylation sites (tertiary alicyclic amines) is 1. The van der Waals surface area contributed by atoms with Crippen LogP contribution in [0.25, 0.3) is 6.08 Å². The van der Waals surface area contributed by atoms with Crippen molar-refractivity contribution >= 4 is 24.4 Å². The number of piperidine rings is 1. The molecule has 1 heterocycles. The van der Waals surface area contributed by atoms with Crippen LogP contribution in [0.4, 0.5) is 10.1 Å². The second-order valence-corrected chi connectivity index (χ2v) is 9.26. The number of alkyl halides is 1. The van der Waals surface area contributed by atoms with Crippen molar-refractivity contribution in [2.24, 2.45) is 0 Å². The number of rotatable bonds is 9.